The third kappa shape index (κ3) is 3.98. The first-order valence-corrected chi connectivity index (χ1v) is 8.65. The van der Waals surface area contributed by atoms with Crippen LogP contribution in [0, 0.1) is 29.6 Å². The van der Waals surface area contributed by atoms with Crippen LogP contribution in [-0.4, -0.2) is 25.9 Å². The molecular weight excluding hydrogens is 248 g/mol. The molecular formula is C18H34O2. The molecule has 1 aliphatic carbocycles. The molecule has 2 heteroatoms. The average Bonchev–Trinajstić information content (AvgIpc) is 2.38. The SMILES string of the molecule is COC1CCC(C)CC1C1COC(CC(C)C)CC1C. The second kappa shape index (κ2) is 7.26. The van der Waals surface area contributed by atoms with Gasteiger partial charge >= 0.3 is 0 Å². The third-order valence-electron chi connectivity index (χ3n) is 5.57. The van der Waals surface area contributed by atoms with Gasteiger partial charge in [-0.3, -0.25) is 0 Å². The van der Waals surface area contributed by atoms with Crippen molar-refractivity contribution in [3.63, 3.8) is 0 Å². The summed E-state index contributed by atoms with van der Waals surface area (Å²) >= 11 is 0. The molecule has 118 valence electrons. The van der Waals surface area contributed by atoms with Crippen molar-refractivity contribution in [1.82, 2.24) is 0 Å². The van der Waals surface area contributed by atoms with Gasteiger partial charge in [-0.05, 0) is 61.7 Å². The van der Waals surface area contributed by atoms with E-state index >= 15 is 0 Å². The fourth-order valence-corrected chi connectivity index (χ4v) is 4.44. The molecule has 2 nitrogen and oxygen atoms in total. The topological polar surface area (TPSA) is 18.5 Å². The van der Waals surface area contributed by atoms with Gasteiger partial charge in [-0.25, -0.2) is 0 Å². The van der Waals surface area contributed by atoms with Crippen LogP contribution in [-0.2, 0) is 9.47 Å². The summed E-state index contributed by atoms with van der Waals surface area (Å²) in [6.07, 6.45) is 7.29. The van der Waals surface area contributed by atoms with Crippen LogP contribution in [0.5, 0.6) is 0 Å². The van der Waals surface area contributed by atoms with Crippen LogP contribution >= 0.6 is 0 Å². The maximum Gasteiger partial charge on any atom is 0.0603 e. The lowest BCUT2D eigenvalue weighted by Gasteiger charge is -2.44. The van der Waals surface area contributed by atoms with Gasteiger partial charge in [0.15, 0.2) is 0 Å². The molecule has 1 aliphatic heterocycles. The van der Waals surface area contributed by atoms with E-state index in [-0.39, 0.29) is 0 Å². The molecule has 2 fully saturated rings. The van der Waals surface area contributed by atoms with Gasteiger partial charge in [-0.1, -0.05) is 27.7 Å². The molecule has 0 bridgehead atoms. The van der Waals surface area contributed by atoms with Gasteiger partial charge in [-0.2, -0.15) is 0 Å². The smallest absolute Gasteiger partial charge is 0.0603 e. The van der Waals surface area contributed by atoms with Crippen LogP contribution in [0.4, 0.5) is 0 Å². The first-order valence-electron chi connectivity index (χ1n) is 8.65. The Morgan fingerprint density at radius 2 is 1.85 bits per heavy atom. The monoisotopic (exact) mass is 282 g/mol. The summed E-state index contributed by atoms with van der Waals surface area (Å²) in [4.78, 5) is 0. The van der Waals surface area contributed by atoms with Gasteiger partial charge in [0.1, 0.15) is 0 Å². The van der Waals surface area contributed by atoms with E-state index in [0.29, 0.717) is 24.0 Å². The predicted molar refractivity (Wildman–Crippen MR) is 83.8 cm³/mol. The van der Waals surface area contributed by atoms with E-state index in [9.17, 15) is 0 Å². The lowest BCUT2D eigenvalue weighted by atomic mass is 9.68. The Kier molecular flexibility index (Phi) is 5.92. The standard InChI is InChI=1S/C18H34O2/c1-12(2)8-15-10-14(4)17(11-20-15)16-9-13(3)6-7-18(16)19-5/h12-18H,6-11H2,1-5H3. The number of rotatable bonds is 4. The quantitative estimate of drug-likeness (QED) is 0.754. The molecule has 0 amide bonds. The number of hydrogen-bond acceptors (Lipinski definition) is 2. The van der Waals surface area contributed by atoms with E-state index in [1.54, 1.807) is 0 Å². The normalized spacial score (nSPS) is 42.9. The minimum atomic E-state index is 0.462. The summed E-state index contributed by atoms with van der Waals surface area (Å²) in [7, 11) is 1.89. The molecule has 0 spiro atoms. The highest BCUT2D eigenvalue weighted by Gasteiger charge is 2.40. The first kappa shape index (κ1) is 16.3. The van der Waals surface area contributed by atoms with Gasteiger partial charge in [-0.15, -0.1) is 0 Å². The second-order valence-electron chi connectivity index (χ2n) is 7.82. The van der Waals surface area contributed by atoms with Gasteiger partial charge in [0, 0.05) is 7.11 Å². The highest BCUT2D eigenvalue weighted by Crippen LogP contribution is 2.42. The summed E-state index contributed by atoms with van der Waals surface area (Å²) in [5.41, 5.74) is 0. The molecule has 6 atom stereocenters. The maximum absolute atomic E-state index is 6.20. The van der Waals surface area contributed by atoms with Crippen molar-refractivity contribution in [1.29, 1.82) is 0 Å². The second-order valence-corrected chi connectivity index (χ2v) is 7.82. The summed E-state index contributed by atoms with van der Waals surface area (Å²) in [5, 5.41) is 0. The molecule has 6 unspecified atom stereocenters. The van der Waals surface area contributed by atoms with Crippen LogP contribution in [0.2, 0.25) is 0 Å². The highest BCUT2D eigenvalue weighted by molar-refractivity contribution is 4.89. The van der Waals surface area contributed by atoms with E-state index in [1.807, 2.05) is 7.11 Å². The molecule has 0 aromatic heterocycles. The highest BCUT2D eigenvalue weighted by atomic mass is 16.5. The summed E-state index contributed by atoms with van der Waals surface area (Å²) in [6, 6.07) is 0. The largest absolute Gasteiger partial charge is 0.381 e. The molecule has 2 rings (SSSR count). The Morgan fingerprint density at radius 3 is 2.45 bits per heavy atom. The fourth-order valence-electron chi connectivity index (χ4n) is 4.44. The Hall–Kier alpha value is -0.0800. The maximum atomic E-state index is 6.20. The molecule has 2 aliphatic rings. The Morgan fingerprint density at radius 1 is 1.10 bits per heavy atom. The van der Waals surface area contributed by atoms with Crippen LogP contribution < -0.4 is 0 Å². The van der Waals surface area contributed by atoms with Crippen molar-refractivity contribution in [2.45, 2.75) is 72.0 Å². The number of ether oxygens (including phenoxy) is 2. The van der Waals surface area contributed by atoms with Crippen LogP contribution in [0.15, 0.2) is 0 Å². The summed E-state index contributed by atoms with van der Waals surface area (Å²) in [5.74, 6) is 3.78. The van der Waals surface area contributed by atoms with Gasteiger partial charge in [0.05, 0.1) is 18.8 Å². The van der Waals surface area contributed by atoms with Crippen molar-refractivity contribution in [2.75, 3.05) is 13.7 Å². The van der Waals surface area contributed by atoms with Crippen molar-refractivity contribution in [3.8, 4) is 0 Å². The fraction of sp³-hybridized carbons (Fsp3) is 1.00. The minimum Gasteiger partial charge on any atom is -0.381 e. The third-order valence-corrected chi connectivity index (χ3v) is 5.57. The van der Waals surface area contributed by atoms with E-state index < -0.39 is 0 Å². The zero-order chi connectivity index (χ0) is 14.7. The average molecular weight is 282 g/mol. The van der Waals surface area contributed by atoms with E-state index in [4.69, 9.17) is 9.47 Å². The molecule has 0 aromatic rings. The minimum absolute atomic E-state index is 0.462. The first-order chi connectivity index (χ1) is 9.51. The lowest BCUT2D eigenvalue weighted by molar-refractivity contribution is -0.105. The van der Waals surface area contributed by atoms with Crippen molar-refractivity contribution < 1.29 is 9.47 Å². The van der Waals surface area contributed by atoms with Crippen molar-refractivity contribution in [3.05, 3.63) is 0 Å². The molecule has 0 radical (unpaired) electrons. The Balaban J connectivity index is 1.95. The van der Waals surface area contributed by atoms with E-state index in [1.165, 1.54) is 32.1 Å². The molecule has 1 saturated heterocycles. The Bertz CT molecular complexity index is 289. The van der Waals surface area contributed by atoms with E-state index in [0.717, 1.165) is 24.4 Å². The zero-order valence-corrected chi connectivity index (χ0v) is 14.1. The van der Waals surface area contributed by atoms with Crippen LogP contribution in [0.3, 0.4) is 0 Å². The van der Waals surface area contributed by atoms with E-state index in [2.05, 4.69) is 27.7 Å². The molecule has 0 aromatic carbocycles. The number of methoxy groups -OCH3 is 1. The number of hydrogen-bond donors (Lipinski definition) is 0. The zero-order valence-electron chi connectivity index (χ0n) is 14.1. The lowest BCUT2D eigenvalue weighted by Crippen LogP contribution is -2.44. The van der Waals surface area contributed by atoms with Gasteiger partial charge in [0.2, 0.25) is 0 Å². The van der Waals surface area contributed by atoms with Crippen LogP contribution in [0.1, 0.15) is 59.8 Å². The van der Waals surface area contributed by atoms with Crippen LogP contribution in [0.25, 0.3) is 0 Å². The molecule has 1 heterocycles. The Labute approximate surface area is 125 Å². The summed E-state index contributed by atoms with van der Waals surface area (Å²) in [6.45, 7) is 10.4. The van der Waals surface area contributed by atoms with Crippen molar-refractivity contribution in [2.24, 2.45) is 29.6 Å². The van der Waals surface area contributed by atoms with Gasteiger partial charge in [0.25, 0.3) is 0 Å². The van der Waals surface area contributed by atoms with Gasteiger partial charge < -0.3 is 9.47 Å². The van der Waals surface area contributed by atoms with Crippen molar-refractivity contribution >= 4 is 0 Å². The molecule has 20 heavy (non-hydrogen) atoms. The predicted octanol–water partition coefficient (Wildman–Crippen LogP) is 4.52. The summed E-state index contributed by atoms with van der Waals surface area (Å²) < 4.78 is 12.0. The molecule has 0 N–H and O–H groups in total. The molecule has 1 saturated carbocycles.